The Morgan fingerprint density at radius 2 is 2.29 bits per heavy atom. The van der Waals surface area contributed by atoms with E-state index in [9.17, 15) is 4.79 Å². The van der Waals surface area contributed by atoms with E-state index in [0.717, 1.165) is 6.08 Å². The van der Waals surface area contributed by atoms with E-state index < -0.39 is 5.97 Å². The molecule has 0 rings (SSSR count). The Bertz CT molecular complexity index is 102. The van der Waals surface area contributed by atoms with Crippen molar-refractivity contribution in [3.63, 3.8) is 0 Å². The molecule has 3 heteroatoms. The van der Waals surface area contributed by atoms with Crippen LogP contribution >= 0.6 is 0 Å². The molecule has 0 saturated carbocycles. The number of rotatable bonds is 1. The van der Waals surface area contributed by atoms with Crippen LogP contribution in [0, 0.1) is 0 Å². The van der Waals surface area contributed by atoms with E-state index in [1.54, 1.807) is 0 Å². The van der Waals surface area contributed by atoms with Gasteiger partial charge in [-0.2, -0.15) is 0 Å². The molecule has 0 atom stereocenters. The molecule has 0 bridgehead atoms. The predicted octanol–water partition coefficient (Wildman–Crippen LogP) is -0.236. The van der Waals surface area contributed by atoms with Crippen LogP contribution < -0.4 is 0 Å². The Kier molecular flexibility index (Phi) is 10.0. The summed E-state index contributed by atoms with van der Waals surface area (Å²) in [5.41, 5.74) is 2.09. The van der Waals surface area contributed by atoms with Crippen LogP contribution in [0.2, 0.25) is 0 Å². The molecule has 1 N–H and O–H groups in total. The van der Waals surface area contributed by atoms with Gasteiger partial charge >= 0.3 is 57.4 Å². The molecule has 0 aromatic heterocycles. The third kappa shape index (κ3) is 10.8. The average molecular weight is 124 g/mol. The van der Waals surface area contributed by atoms with Gasteiger partial charge < -0.3 is 5.11 Å². The van der Waals surface area contributed by atoms with Gasteiger partial charge in [0.2, 0.25) is 0 Å². The molecule has 0 aromatic rings. The molecule has 0 unspecified atom stereocenters. The van der Waals surface area contributed by atoms with Crippen molar-refractivity contribution in [2.24, 2.45) is 0 Å². The second-order valence-electron chi connectivity index (χ2n) is 0.687. The van der Waals surface area contributed by atoms with Crippen molar-refractivity contribution in [3.05, 3.63) is 18.4 Å². The van der Waals surface area contributed by atoms with Crippen LogP contribution in [0.3, 0.4) is 0 Å². The van der Waals surface area contributed by atoms with Crippen molar-refractivity contribution in [1.82, 2.24) is 0 Å². The Morgan fingerprint density at radius 1 is 1.86 bits per heavy atom. The van der Waals surface area contributed by atoms with Crippen LogP contribution in [-0.4, -0.2) is 62.5 Å². The molecule has 0 aliphatic heterocycles. The summed E-state index contributed by atoms with van der Waals surface area (Å²) < 4.78 is 0. The monoisotopic (exact) mass is 124 g/mol. The Hall–Kier alpha value is 0.626. The molecule has 0 saturated heterocycles. The fourth-order valence-electron chi connectivity index (χ4n) is 0.0873. The number of carboxylic acids is 1. The zero-order valence-corrected chi connectivity index (χ0v) is 3.14. The van der Waals surface area contributed by atoms with Crippen LogP contribution in [0.15, 0.2) is 18.4 Å². The molecule has 0 aliphatic carbocycles. The van der Waals surface area contributed by atoms with Gasteiger partial charge in [-0.1, -0.05) is 6.58 Å². The summed E-state index contributed by atoms with van der Waals surface area (Å²) in [5.74, 6) is -1.01. The van der Waals surface area contributed by atoms with E-state index >= 15 is 0 Å². The topological polar surface area (TPSA) is 37.3 Å². The van der Waals surface area contributed by atoms with E-state index in [2.05, 4.69) is 12.3 Å². The number of aliphatic carboxylic acids is 1. The van der Waals surface area contributed by atoms with Gasteiger partial charge in [0.25, 0.3) is 0 Å². The molecule has 0 fully saturated rings. The van der Waals surface area contributed by atoms with E-state index in [-0.39, 0.29) is 51.4 Å². The van der Waals surface area contributed by atoms with Gasteiger partial charge in [-0.15, -0.1) is 5.73 Å². The van der Waals surface area contributed by atoms with Crippen LogP contribution in [-0.2, 0) is 4.79 Å². The van der Waals surface area contributed by atoms with Crippen LogP contribution in [0.4, 0.5) is 0 Å². The second-order valence-corrected chi connectivity index (χ2v) is 0.687. The summed E-state index contributed by atoms with van der Waals surface area (Å²) >= 11 is 0. The summed E-state index contributed by atoms with van der Waals surface area (Å²) in [6.45, 7) is 3.04. The summed E-state index contributed by atoms with van der Waals surface area (Å²) in [6, 6.07) is 0. The summed E-state index contributed by atoms with van der Waals surface area (Å²) in [5, 5.41) is 7.76. The molecule has 0 heterocycles. The summed E-state index contributed by atoms with van der Waals surface area (Å²) in [7, 11) is 0. The van der Waals surface area contributed by atoms with Crippen LogP contribution in [0.1, 0.15) is 0 Å². The first-order chi connectivity index (χ1) is 2.77. The van der Waals surface area contributed by atoms with Gasteiger partial charge in [0.15, 0.2) is 0 Å². The minimum absolute atomic E-state index is 0. The molecule has 7 heavy (non-hydrogen) atoms. The third-order valence-electron chi connectivity index (χ3n) is 0.226. The quantitative estimate of drug-likeness (QED) is 0.298. The van der Waals surface area contributed by atoms with E-state index in [1.807, 2.05) is 0 Å². The Balaban J connectivity index is 0. The van der Waals surface area contributed by atoms with Crippen molar-refractivity contribution < 1.29 is 9.90 Å². The van der Waals surface area contributed by atoms with Crippen molar-refractivity contribution in [3.8, 4) is 0 Å². The van der Waals surface area contributed by atoms with Crippen LogP contribution in [0.25, 0.3) is 0 Å². The summed E-state index contributed by atoms with van der Waals surface area (Å²) in [4.78, 5) is 9.44. The minimum atomic E-state index is -1.01. The van der Waals surface area contributed by atoms with Crippen molar-refractivity contribution in [1.29, 1.82) is 0 Å². The fraction of sp³-hybridized carbons (Fsp3) is 0. The molecular weight excluding hydrogens is 119 g/mol. The standard InChI is InChI=1S/C4H4O2.K.H/c1-2-3-4(5)6;;/h3H,1H2,(H,5,6);;. The van der Waals surface area contributed by atoms with E-state index in [0.29, 0.717) is 0 Å². The fourth-order valence-corrected chi connectivity index (χ4v) is 0.0873. The first-order valence-electron chi connectivity index (χ1n) is 1.36. The molecule has 2 nitrogen and oxygen atoms in total. The molecule has 0 radical (unpaired) electrons. The number of carbonyl (C=O) groups is 1. The maximum absolute atomic E-state index is 9.44. The van der Waals surface area contributed by atoms with E-state index in [1.165, 1.54) is 0 Å². The molecule has 0 amide bonds. The number of carboxylic acid groups (broad SMARTS) is 1. The molecule has 34 valence electrons. The SMILES string of the molecule is C=C=CC(=O)O.[KH]. The van der Waals surface area contributed by atoms with Crippen molar-refractivity contribution in [2.45, 2.75) is 0 Å². The molecular formula is C4H5KO2. The van der Waals surface area contributed by atoms with Gasteiger partial charge in [0.05, 0.1) is 6.08 Å². The van der Waals surface area contributed by atoms with Gasteiger partial charge in [-0.05, 0) is 0 Å². The maximum atomic E-state index is 9.44. The first-order valence-corrected chi connectivity index (χ1v) is 1.36. The normalized spacial score (nSPS) is 5.14. The molecule has 0 spiro atoms. The average Bonchev–Trinajstić information content (AvgIpc) is 1.35. The van der Waals surface area contributed by atoms with Crippen molar-refractivity contribution >= 4 is 57.4 Å². The third-order valence-corrected chi connectivity index (χ3v) is 0.226. The number of hydrogen-bond acceptors (Lipinski definition) is 1. The predicted molar refractivity (Wildman–Crippen MR) is 28.5 cm³/mol. The number of hydrogen-bond donors (Lipinski definition) is 1. The zero-order chi connectivity index (χ0) is 4.99. The van der Waals surface area contributed by atoms with Gasteiger partial charge in [-0.3, -0.25) is 0 Å². The van der Waals surface area contributed by atoms with Gasteiger partial charge in [0, 0.05) is 0 Å². The second kappa shape index (κ2) is 6.63. The Labute approximate surface area is 84.3 Å². The van der Waals surface area contributed by atoms with Crippen molar-refractivity contribution in [2.75, 3.05) is 0 Å². The zero-order valence-electron chi connectivity index (χ0n) is 3.14. The van der Waals surface area contributed by atoms with Gasteiger partial charge in [0.1, 0.15) is 0 Å². The molecule has 0 aromatic carbocycles. The van der Waals surface area contributed by atoms with Gasteiger partial charge in [-0.25, -0.2) is 4.79 Å². The molecule has 0 aliphatic rings. The first kappa shape index (κ1) is 10.6. The Morgan fingerprint density at radius 3 is 2.29 bits per heavy atom. The van der Waals surface area contributed by atoms with E-state index in [4.69, 9.17) is 5.11 Å². The summed E-state index contributed by atoms with van der Waals surface area (Å²) in [6.07, 6.45) is 0.847. The van der Waals surface area contributed by atoms with Crippen LogP contribution in [0.5, 0.6) is 0 Å².